The van der Waals surface area contributed by atoms with Crippen LogP contribution < -0.4 is 34.0 Å². The summed E-state index contributed by atoms with van der Waals surface area (Å²) in [4.78, 5) is 0.632. The van der Waals surface area contributed by atoms with Crippen LogP contribution >= 0.6 is 25.4 Å². The predicted molar refractivity (Wildman–Crippen MR) is 48.5 cm³/mol. The molecule has 0 aromatic heterocycles. The van der Waals surface area contributed by atoms with E-state index in [2.05, 4.69) is 25.4 Å². The zero-order chi connectivity index (χ0) is 7.56. The van der Waals surface area contributed by atoms with Gasteiger partial charge in [-0.1, -0.05) is 24.9 Å². The van der Waals surface area contributed by atoms with Crippen LogP contribution in [0.2, 0.25) is 0 Å². The summed E-state index contributed by atoms with van der Waals surface area (Å²) in [5.74, 6) is 0. The first-order valence-corrected chi connectivity index (χ1v) is 3.50. The van der Waals surface area contributed by atoms with Crippen LogP contribution in [0, 0.1) is 5.21 Å². The van der Waals surface area contributed by atoms with E-state index in [1.807, 2.05) is 6.07 Å². The van der Waals surface area contributed by atoms with E-state index in [1.165, 1.54) is 0 Å². The summed E-state index contributed by atoms with van der Waals surface area (Å²) in [7, 11) is 0. The number of hydrogen-bond acceptors (Lipinski definition) is 4. The maximum absolute atomic E-state index is 10.6. The molecule has 0 aliphatic rings. The van der Waals surface area contributed by atoms with Gasteiger partial charge < -0.3 is 9.68 Å². The summed E-state index contributed by atoms with van der Waals surface area (Å²) in [6.45, 7) is 0. The van der Waals surface area contributed by atoms with Gasteiger partial charge in [0.25, 0.3) is 0 Å². The van der Waals surface area contributed by atoms with Crippen LogP contribution in [0.25, 0.3) is 0 Å². The topological polar surface area (TPSA) is 26.3 Å². The molecule has 54 valence electrons. The molecular formula is C6H6NNaOS2. The Morgan fingerprint density at radius 3 is 2.18 bits per heavy atom. The van der Waals surface area contributed by atoms with Gasteiger partial charge in [-0.2, -0.15) is 0 Å². The molecule has 0 unspecified atom stereocenters. The number of hydrogen-bond donors (Lipinski definition) is 2. The number of nitrogens with zero attached hydrogens (tertiary/aromatic N) is 1. The monoisotopic (exact) mass is 195 g/mol. The van der Waals surface area contributed by atoms with Crippen molar-refractivity contribution in [2.75, 3.05) is 4.47 Å². The standard InChI is InChI=1S/C6H6NOS2.Na/c8-7(10)5-3-1-2-4-6(5)9;/h1-4,9-10H;/q-1;+1. The van der Waals surface area contributed by atoms with Gasteiger partial charge in [0.15, 0.2) is 0 Å². The molecule has 0 spiro atoms. The normalized spacial score (nSPS) is 8.64. The van der Waals surface area contributed by atoms with Crippen molar-refractivity contribution in [1.82, 2.24) is 0 Å². The molecule has 0 heterocycles. The van der Waals surface area contributed by atoms with Crippen LogP contribution in [-0.4, -0.2) is 0 Å². The molecule has 0 amide bonds. The minimum atomic E-state index is 0. The molecule has 0 fully saturated rings. The second-order valence-corrected chi connectivity index (χ2v) is 2.61. The molecule has 0 radical (unpaired) electrons. The van der Waals surface area contributed by atoms with E-state index < -0.39 is 0 Å². The molecule has 1 aromatic rings. The molecule has 0 bridgehead atoms. The van der Waals surface area contributed by atoms with Crippen LogP contribution in [0.3, 0.4) is 0 Å². The van der Waals surface area contributed by atoms with Crippen LogP contribution in [-0.2, 0) is 0 Å². The van der Waals surface area contributed by atoms with Crippen molar-refractivity contribution in [2.24, 2.45) is 0 Å². The molecular weight excluding hydrogens is 189 g/mol. The average molecular weight is 195 g/mol. The maximum atomic E-state index is 10.6. The molecule has 2 nitrogen and oxygen atoms in total. The van der Waals surface area contributed by atoms with Crippen LogP contribution in [0.5, 0.6) is 0 Å². The van der Waals surface area contributed by atoms with E-state index >= 15 is 0 Å². The molecule has 0 aliphatic heterocycles. The number of anilines is 1. The maximum Gasteiger partial charge on any atom is 1.00 e. The van der Waals surface area contributed by atoms with Crippen LogP contribution in [0.1, 0.15) is 0 Å². The predicted octanol–water partition coefficient (Wildman–Crippen LogP) is -0.872. The van der Waals surface area contributed by atoms with E-state index in [9.17, 15) is 5.21 Å². The van der Waals surface area contributed by atoms with Gasteiger partial charge in [-0.3, -0.25) is 0 Å². The third kappa shape index (κ3) is 3.27. The second-order valence-electron chi connectivity index (χ2n) is 1.76. The molecule has 1 aromatic carbocycles. The minimum Gasteiger partial charge on any atom is -0.748 e. The summed E-state index contributed by atoms with van der Waals surface area (Å²) in [6.07, 6.45) is 0. The van der Waals surface area contributed by atoms with Gasteiger partial charge in [-0.05, 0) is 12.1 Å². The van der Waals surface area contributed by atoms with E-state index in [0.29, 0.717) is 15.1 Å². The fourth-order valence-corrected chi connectivity index (χ4v) is 1.13. The SMILES string of the molecule is [Na+].[O-]N(S)c1ccccc1S. The van der Waals surface area contributed by atoms with Crippen molar-refractivity contribution in [1.29, 1.82) is 0 Å². The quantitative estimate of drug-likeness (QED) is 0.346. The Labute approximate surface area is 98.8 Å². The van der Waals surface area contributed by atoms with Crippen LogP contribution in [0.4, 0.5) is 5.69 Å². The van der Waals surface area contributed by atoms with Crippen LogP contribution in [0.15, 0.2) is 29.2 Å². The molecule has 0 N–H and O–H groups in total. The van der Waals surface area contributed by atoms with E-state index in [1.54, 1.807) is 18.2 Å². The molecule has 11 heavy (non-hydrogen) atoms. The van der Waals surface area contributed by atoms with Gasteiger partial charge in [-0.15, -0.1) is 12.6 Å². The first-order valence-electron chi connectivity index (χ1n) is 2.66. The second kappa shape index (κ2) is 5.35. The van der Waals surface area contributed by atoms with Gasteiger partial charge >= 0.3 is 29.6 Å². The molecule has 5 heteroatoms. The van der Waals surface area contributed by atoms with Gasteiger partial charge in [0.1, 0.15) is 0 Å². The summed E-state index contributed by atoms with van der Waals surface area (Å²) in [5.41, 5.74) is 0.467. The van der Waals surface area contributed by atoms with Crippen molar-refractivity contribution >= 4 is 31.1 Å². The Morgan fingerprint density at radius 1 is 1.27 bits per heavy atom. The Bertz CT molecular complexity index is 232. The first kappa shape index (κ1) is 11.7. The van der Waals surface area contributed by atoms with Gasteiger partial charge in [0.05, 0.1) is 0 Å². The fraction of sp³-hybridized carbons (Fsp3) is 0. The minimum absolute atomic E-state index is 0. The van der Waals surface area contributed by atoms with Gasteiger partial charge in [-0.25, -0.2) is 0 Å². The Hall–Kier alpha value is 0.680. The summed E-state index contributed by atoms with van der Waals surface area (Å²) in [5, 5.41) is 10.6. The van der Waals surface area contributed by atoms with Gasteiger partial charge in [0, 0.05) is 10.6 Å². The van der Waals surface area contributed by atoms with E-state index in [4.69, 9.17) is 0 Å². The summed E-state index contributed by atoms with van der Waals surface area (Å²) >= 11 is 7.63. The zero-order valence-electron chi connectivity index (χ0n) is 6.06. The smallest absolute Gasteiger partial charge is 0.748 e. The largest absolute Gasteiger partial charge is 1.00 e. The van der Waals surface area contributed by atoms with Gasteiger partial charge in [0.2, 0.25) is 0 Å². The van der Waals surface area contributed by atoms with Crippen molar-refractivity contribution in [2.45, 2.75) is 4.90 Å². The van der Waals surface area contributed by atoms with Crippen molar-refractivity contribution in [3.63, 3.8) is 0 Å². The van der Waals surface area contributed by atoms with E-state index in [-0.39, 0.29) is 29.6 Å². The molecule has 0 saturated heterocycles. The number of para-hydroxylation sites is 1. The molecule has 0 saturated carbocycles. The number of thiol groups is 2. The zero-order valence-corrected chi connectivity index (χ0v) is 9.85. The molecule has 0 atom stereocenters. The Morgan fingerprint density at radius 2 is 1.82 bits per heavy atom. The average Bonchev–Trinajstić information content (AvgIpc) is 1.88. The summed E-state index contributed by atoms with van der Waals surface area (Å²) < 4.78 is 0.488. The number of rotatable bonds is 1. The third-order valence-electron chi connectivity index (χ3n) is 1.09. The van der Waals surface area contributed by atoms with E-state index in [0.717, 1.165) is 0 Å². The Balaban J connectivity index is 0.000001000. The summed E-state index contributed by atoms with van der Waals surface area (Å²) in [6, 6.07) is 6.96. The molecule has 0 aliphatic carbocycles. The number of benzene rings is 1. The van der Waals surface area contributed by atoms with Crippen molar-refractivity contribution in [3.05, 3.63) is 29.5 Å². The Kier molecular flexibility index (Phi) is 5.68. The van der Waals surface area contributed by atoms with Crippen molar-refractivity contribution < 1.29 is 29.6 Å². The molecule has 1 rings (SSSR count). The van der Waals surface area contributed by atoms with Crippen molar-refractivity contribution in [3.8, 4) is 0 Å². The fourth-order valence-electron chi connectivity index (χ4n) is 0.626. The third-order valence-corrected chi connectivity index (χ3v) is 1.68. The first-order chi connectivity index (χ1) is 4.72.